The van der Waals surface area contributed by atoms with Crippen LogP contribution in [0.1, 0.15) is 303 Å². The van der Waals surface area contributed by atoms with Gasteiger partial charge in [-0.1, -0.05) is 296 Å². The van der Waals surface area contributed by atoms with Gasteiger partial charge in [0, 0.05) is 19.3 Å². The largest absolute Gasteiger partial charge is 0.462 e. The van der Waals surface area contributed by atoms with Gasteiger partial charge in [-0.2, -0.15) is 0 Å². The average molecular weight is 1100 g/mol. The lowest BCUT2D eigenvalue weighted by atomic mass is 10.0. The standard InChI is InChI=1S/C73H122O6/c1-4-7-10-13-16-19-21-23-25-27-29-31-32-33-34-35-36-37-38-39-40-42-43-45-47-49-51-54-57-60-63-66-72(75)78-69-70(68-77-71(74)65-62-59-56-53-18-15-12-9-6-3)79-73(76)67-64-61-58-55-52-50-48-46-44-41-30-28-26-24-22-20-17-14-11-8-5-2/h7-8,10-11,16-17,19-20,23-26,29-31,33-34,36-37,41,70H,4-6,9,12-15,18,21-22,27-28,32,35,38-40,42-69H2,1-3H3/b10-7-,11-8-,19-16-,20-17-,25-23-,26-24-,31-29-,34-33-,37-36-,41-30-. The number of unbranched alkanes of at least 4 members (excludes halogenated alkanes) is 28. The molecule has 0 bridgehead atoms. The van der Waals surface area contributed by atoms with Gasteiger partial charge in [-0.25, -0.2) is 0 Å². The number of hydrogen-bond acceptors (Lipinski definition) is 6. The molecule has 0 aromatic carbocycles. The molecule has 0 amide bonds. The Balaban J connectivity index is 4.19. The van der Waals surface area contributed by atoms with Crippen molar-refractivity contribution in [3.8, 4) is 0 Å². The van der Waals surface area contributed by atoms with Crippen molar-refractivity contribution in [3.63, 3.8) is 0 Å². The van der Waals surface area contributed by atoms with Crippen LogP contribution >= 0.6 is 0 Å². The van der Waals surface area contributed by atoms with Gasteiger partial charge in [0.25, 0.3) is 0 Å². The molecule has 1 unspecified atom stereocenters. The lowest BCUT2D eigenvalue weighted by Crippen LogP contribution is -2.30. The quantitative estimate of drug-likeness (QED) is 0.0261. The molecule has 0 aromatic heterocycles. The number of carbonyl (C=O) groups is 3. The van der Waals surface area contributed by atoms with Crippen LogP contribution in [0.5, 0.6) is 0 Å². The Kier molecular flexibility index (Phi) is 62.8. The van der Waals surface area contributed by atoms with E-state index in [2.05, 4.69) is 142 Å². The second-order valence-corrected chi connectivity index (χ2v) is 21.6. The monoisotopic (exact) mass is 1090 g/mol. The van der Waals surface area contributed by atoms with Crippen molar-refractivity contribution >= 4 is 17.9 Å². The molecule has 0 aliphatic rings. The Labute approximate surface area is 488 Å². The second kappa shape index (κ2) is 66.3. The molecule has 6 nitrogen and oxygen atoms in total. The predicted molar refractivity (Wildman–Crippen MR) is 343 cm³/mol. The van der Waals surface area contributed by atoms with Gasteiger partial charge in [0.1, 0.15) is 13.2 Å². The Morgan fingerprint density at radius 2 is 0.494 bits per heavy atom. The van der Waals surface area contributed by atoms with Gasteiger partial charge in [-0.15, -0.1) is 0 Å². The highest BCUT2D eigenvalue weighted by Gasteiger charge is 2.19. The number of ether oxygens (including phenoxy) is 3. The number of hydrogen-bond donors (Lipinski definition) is 0. The van der Waals surface area contributed by atoms with Crippen LogP contribution in [0.25, 0.3) is 0 Å². The Hall–Kier alpha value is -4.19. The lowest BCUT2D eigenvalue weighted by molar-refractivity contribution is -0.167. The number of carbonyl (C=O) groups excluding carboxylic acids is 3. The zero-order valence-electron chi connectivity index (χ0n) is 51.6. The minimum absolute atomic E-state index is 0.0807. The van der Waals surface area contributed by atoms with Gasteiger partial charge in [-0.05, 0) is 109 Å². The Morgan fingerprint density at radius 1 is 0.266 bits per heavy atom. The topological polar surface area (TPSA) is 78.9 Å². The summed E-state index contributed by atoms with van der Waals surface area (Å²) in [6.45, 7) is 6.40. The van der Waals surface area contributed by atoms with Crippen LogP contribution in [-0.4, -0.2) is 37.2 Å². The maximum atomic E-state index is 12.9. The van der Waals surface area contributed by atoms with Crippen LogP contribution in [0.4, 0.5) is 0 Å². The second-order valence-electron chi connectivity index (χ2n) is 21.6. The predicted octanol–water partition coefficient (Wildman–Crippen LogP) is 22.8. The Bertz CT molecular complexity index is 1640. The van der Waals surface area contributed by atoms with Crippen molar-refractivity contribution < 1.29 is 28.6 Å². The summed E-state index contributed by atoms with van der Waals surface area (Å²) in [5.74, 6) is -0.887. The van der Waals surface area contributed by atoms with Crippen LogP contribution in [0.2, 0.25) is 0 Å². The molecule has 0 aliphatic heterocycles. The van der Waals surface area contributed by atoms with Gasteiger partial charge in [0.15, 0.2) is 6.10 Å². The molecule has 1 atom stereocenters. The molecule has 79 heavy (non-hydrogen) atoms. The first-order valence-corrected chi connectivity index (χ1v) is 33.0. The van der Waals surface area contributed by atoms with Crippen LogP contribution < -0.4 is 0 Å². The van der Waals surface area contributed by atoms with Crippen LogP contribution in [0.15, 0.2) is 122 Å². The molecule has 0 rings (SSSR count). The highest BCUT2D eigenvalue weighted by atomic mass is 16.6. The first kappa shape index (κ1) is 74.8. The van der Waals surface area contributed by atoms with E-state index >= 15 is 0 Å². The fourth-order valence-electron chi connectivity index (χ4n) is 9.09. The maximum absolute atomic E-state index is 12.9. The summed E-state index contributed by atoms with van der Waals surface area (Å²) in [6, 6.07) is 0. The molecule has 0 saturated carbocycles. The third-order valence-electron chi connectivity index (χ3n) is 14.0. The highest BCUT2D eigenvalue weighted by molar-refractivity contribution is 5.71. The van der Waals surface area contributed by atoms with E-state index in [0.29, 0.717) is 19.3 Å². The molecule has 0 saturated heterocycles. The van der Waals surface area contributed by atoms with E-state index < -0.39 is 6.10 Å². The number of esters is 3. The van der Waals surface area contributed by atoms with Gasteiger partial charge < -0.3 is 14.2 Å². The molecule has 0 aliphatic carbocycles. The van der Waals surface area contributed by atoms with Crippen LogP contribution in [0, 0.1) is 0 Å². The number of allylic oxidation sites excluding steroid dienone is 20. The highest BCUT2D eigenvalue weighted by Crippen LogP contribution is 2.16. The third kappa shape index (κ3) is 64.5. The van der Waals surface area contributed by atoms with Crippen molar-refractivity contribution in [2.45, 2.75) is 309 Å². The minimum Gasteiger partial charge on any atom is -0.462 e. The van der Waals surface area contributed by atoms with E-state index in [-0.39, 0.29) is 31.1 Å². The first-order chi connectivity index (χ1) is 39.0. The summed E-state index contributed by atoms with van der Waals surface area (Å²) < 4.78 is 16.9. The summed E-state index contributed by atoms with van der Waals surface area (Å²) in [4.78, 5) is 38.2. The fraction of sp³-hybridized carbons (Fsp3) is 0.685. The molecule has 0 spiro atoms. The summed E-state index contributed by atoms with van der Waals surface area (Å²) in [5.41, 5.74) is 0. The van der Waals surface area contributed by atoms with E-state index in [1.807, 2.05) is 0 Å². The zero-order chi connectivity index (χ0) is 57.1. The molecule has 0 N–H and O–H groups in total. The summed E-state index contributed by atoms with van der Waals surface area (Å²) in [5, 5.41) is 0. The molecule has 450 valence electrons. The van der Waals surface area contributed by atoms with Crippen LogP contribution in [0.3, 0.4) is 0 Å². The van der Waals surface area contributed by atoms with Crippen molar-refractivity contribution in [1.29, 1.82) is 0 Å². The molecule has 0 heterocycles. The third-order valence-corrected chi connectivity index (χ3v) is 14.0. The normalized spacial score (nSPS) is 12.9. The summed E-state index contributed by atoms with van der Waals surface area (Å²) in [7, 11) is 0. The van der Waals surface area contributed by atoms with E-state index in [1.54, 1.807) is 0 Å². The fourth-order valence-corrected chi connectivity index (χ4v) is 9.09. The molecule has 6 heteroatoms. The zero-order valence-corrected chi connectivity index (χ0v) is 51.6. The summed E-state index contributed by atoms with van der Waals surface area (Å²) >= 11 is 0. The molecule has 0 fully saturated rings. The first-order valence-electron chi connectivity index (χ1n) is 33.0. The maximum Gasteiger partial charge on any atom is 0.306 e. The van der Waals surface area contributed by atoms with Gasteiger partial charge in [-0.3, -0.25) is 14.4 Å². The van der Waals surface area contributed by atoms with Crippen molar-refractivity contribution in [1.82, 2.24) is 0 Å². The molecular weight excluding hydrogens is 973 g/mol. The minimum atomic E-state index is -0.784. The molecule has 0 aromatic rings. The lowest BCUT2D eigenvalue weighted by Gasteiger charge is -2.18. The smallest absolute Gasteiger partial charge is 0.306 e. The Morgan fingerprint density at radius 3 is 0.772 bits per heavy atom. The van der Waals surface area contributed by atoms with E-state index in [0.717, 1.165) is 128 Å². The van der Waals surface area contributed by atoms with E-state index in [4.69, 9.17) is 14.2 Å². The van der Waals surface area contributed by atoms with Crippen LogP contribution in [-0.2, 0) is 28.6 Å². The van der Waals surface area contributed by atoms with Gasteiger partial charge >= 0.3 is 17.9 Å². The number of rotatable bonds is 59. The van der Waals surface area contributed by atoms with Crippen molar-refractivity contribution in [2.75, 3.05) is 13.2 Å². The van der Waals surface area contributed by atoms with E-state index in [9.17, 15) is 14.4 Å². The van der Waals surface area contributed by atoms with Crippen molar-refractivity contribution in [3.05, 3.63) is 122 Å². The molecular formula is C73H122O6. The van der Waals surface area contributed by atoms with E-state index in [1.165, 1.54) is 135 Å². The average Bonchev–Trinajstić information content (AvgIpc) is 3.45. The van der Waals surface area contributed by atoms with Crippen molar-refractivity contribution in [2.24, 2.45) is 0 Å². The van der Waals surface area contributed by atoms with Gasteiger partial charge in [0.05, 0.1) is 0 Å². The summed E-state index contributed by atoms with van der Waals surface area (Å²) in [6.07, 6.45) is 92.2. The SMILES string of the molecule is CC/C=C\C/C=C\C/C=C\C/C=C\C/C=C\C/C=C\CCCCCCCCCCCCCCC(=O)OCC(COC(=O)CCCCCCCCCCC)OC(=O)CCCCCCCCCC/C=C\C/C=C\C/C=C\C/C=C\CC. The van der Waals surface area contributed by atoms with Gasteiger partial charge in [0.2, 0.25) is 0 Å². The molecule has 0 radical (unpaired) electrons.